The topological polar surface area (TPSA) is 108 Å². The molecule has 9 heteroatoms. The van der Waals surface area contributed by atoms with Gasteiger partial charge in [0.15, 0.2) is 6.10 Å². The number of aliphatic carboxylic acids is 1. The van der Waals surface area contributed by atoms with E-state index >= 15 is 0 Å². The highest BCUT2D eigenvalue weighted by atomic mass is 16.7. The van der Waals surface area contributed by atoms with E-state index < -0.39 is 24.3 Å². The summed E-state index contributed by atoms with van der Waals surface area (Å²) in [5.41, 5.74) is 0. The molecule has 0 saturated carbocycles. The monoisotopic (exact) mass is 1050 g/mol. The fourth-order valence-electron chi connectivity index (χ4n) is 8.62. The van der Waals surface area contributed by atoms with Crippen LogP contribution in [0.3, 0.4) is 0 Å². The molecule has 2 unspecified atom stereocenters. The lowest BCUT2D eigenvalue weighted by Crippen LogP contribution is -2.40. The number of carboxylic acid groups (broad SMARTS) is 1. The quantitative estimate of drug-likeness (QED) is 0.0211. The molecular weight excluding hydrogens is 935 g/mol. The number of likely N-dealkylation sites (N-methyl/N-ethyl adjacent to an activating group) is 1. The van der Waals surface area contributed by atoms with E-state index in [1.165, 1.54) is 167 Å². The molecule has 0 aromatic heterocycles. The van der Waals surface area contributed by atoms with Gasteiger partial charge in [0.2, 0.25) is 0 Å². The molecule has 0 rings (SSSR count). The lowest BCUT2D eigenvalue weighted by molar-refractivity contribution is -0.870. The molecule has 0 bridgehead atoms. The Labute approximate surface area is 462 Å². The molecule has 434 valence electrons. The van der Waals surface area contributed by atoms with Gasteiger partial charge in [0.1, 0.15) is 13.2 Å². The zero-order valence-corrected chi connectivity index (χ0v) is 49.4. The second-order valence-corrected chi connectivity index (χ2v) is 22.0. The number of carbonyl (C=O) groups is 3. The van der Waals surface area contributed by atoms with Crippen molar-refractivity contribution in [1.29, 1.82) is 0 Å². The summed E-state index contributed by atoms with van der Waals surface area (Å²) in [6.07, 6.45) is 71.3. The third kappa shape index (κ3) is 58.3. The number of carboxylic acids is 1. The van der Waals surface area contributed by atoms with Crippen molar-refractivity contribution in [2.45, 2.75) is 283 Å². The van der Waals surface area contributed by atoms with E-state index in [9.17, 15) is 19.5 Å². The Bertz CT molecular complexity index is 1460. The smallest absolute Gasteiger partial charge is 0.361 e. The predicted molar refractivity (Wildman–Crippen MR) is 318 cm³/mol. The molecule has 9 nitrogen and oxygen atoms in total. The lowest BCUT2D eigenvalue weighted by Gasteiger charge is -2.25. The van der Waals surface area contributed by atoms with Crippen LogP contribution in [0.5, 0.6) is 0 Å². The summed E-state index contributed by atoms with van der Waals surface area (Å²) in [7, 11) is 5.97. The average Bonchev–Trinajstić information content (AvgIpc) is 3.38. The van der Waals surface area contributed by atoms with E-state index in [4.69, 9.17) is 18.9 Å². The molecule has 0 aliphatic carbocycles. The van der Waals surface area contributed by atoms with Gasteiger partial charge in [-0.2, -0.15) is 0 Å². The summed E-state index contributed by atoms with van der Waals surface area (Å²) in [6, 6.07) is 0. The molecule has 0 heterocycles. The van der Waals surface area contributed by atoms with Gasteiger partial charge >= 0.3 is 17.9 Å². The fourth-order valence-corrected chi connectivity index (χ4v) is 8.62. The first-order valence-corrected chi connectivity index (χ1v) is 31.1. The van der Waals surface area contributed by atoms with E-state index in [0.29, 0.717) is 11.0 Å². The maximum absolute atomic E-state index is 12.9. The summed E-state index contributed by atoms with van der Waals surface area (Å²) in [4.78, 5) is 37.5. The van der Waals surface area contributed by atoms with E-state index in [2.05, 4.69) is 86.8 Å². The Kier molecular flexibility index (Phi) is 54.4. The van der Waals surface area contributed by atoms with Crippen LogP contribution in [0, 0.1) is 0 Å². The number of allylic oxidation sites excluding steroid dienone is 12. The largest absolute Gasteiger partial charge is 0.477 e. The Balaban J connectivity index is 4.22. The first-order chi connectivity index (χ1) is 36.6. The van der Waals surface area contributed by atoms with Crippen LogP contribution in [0.2, 0.25) is 0 Å². The fraction of sp³-hybridized carbons (Fsp3) is 0.773. The second kappa shape index (κ2) is 56.9. The number of hydrogen-bond donors (Lipinski definition) is 1. The van der Waals surface area contributed by atoms with Crippen LogP contribution in [0.1, 0.15) is 271 Å². The number of carbonyl (C=O) groups excluding carboxylic acids is 2. The summed E-state index contributed by atoms with van der Waals surface area (Å²) in [5, 5.41) is 9.72. The zero-order valence-electron chi connectivity index (χ0n) is 49.4. The molecule has 0 aliphatic heterocycles. The van der Waals surface area contributed by atoms with Crippen LogP contribution in [0.4, 0.5) is 0 Å². The van der Waals surface area contributed by atoms with Crippen molar-refractivity contribution in [3.8, 4) is 0 Å². The molecule has 2 atom stereocenters. The highest BCUT2D eigenvalue weighted by Gasteiger charge is 2.25. The third-order valence-electron chi connectivity index (χ3n) is 13.4. The van der Waals surface area contributed by atoms with Gasteiger partial charge in [-0.3, -0.25) is 9.59 Å². The SMILES string of the molecule is CCCCCCC/C=C\C/C=C\C/C=C\CCCCCCCCCCCCCCCCC(=O)OC(COC(=O)CCCCCCCC/C=C\C/C=C\C/C=C\CCCCCCC)COC(OCC[N+](C)(C)C)C(=O)O. The first kappa shape index (κ1) is 71.7. The molecule has 0 aromatic rings. The molecule has 0 amide bonds. The van der Waals surface area contributed by atoms with E-state index in [1.807, 2.05) is 21.1 Å². The van der Waals surface area contributed by atoms with Gasteiger partial charge in [-0.1, -0.05) is 241 Å². The van der Waals surface area contributed by atoms with Crippen LogP contribution < -0.4 is 0 Å². The minimum absolute atomic E-state index is 0.183. The van der Waals surface area contributed by atoms with Gasteiger partial charge in [0.25, 0.3) is 6.29 Å². The highest BCUT2D eigenvalue weighted by Crippen LogP contribution is 2.16. The van der Waals surface area contributed by atoms with Gasteiger partial charge in [0.05, 0.1) is 34.4 Å². The Morgan fingerprint density at radius 1 is 0.400 bits per heavy atom. The number of ether oxygens (including phenoxy) is 4. The molecule has 75 heavy (non-hydrogen) atoms. The lowest BCUT2D eigenvalue weighted by atomic mass is 10.0. The normalized spacial score (nSPS) is 13.2. The van der Waals surface area contributed by atoms with Crippen LogP contribution in [-0.2, 0) is 33.3 Å². The minimum atomic E-state index is -1.52. The van der Waals surface area contributed by atoms with Gasteiger partial charge in [-0.25, -0.2) is 4.79 Å². The van der Waals surface area contributed by atoms with Crippen molar-refractivity contribution in [3.63, 3.8) is 0 Å². The molecule has 1 N–H and O–H groups in total. The van der Waals surface area contributed by atoms with Gasteiger partial charge in [-0.15, -0.1) is 0 Å². The Morgan fingerprint density at radius 2 is 0.720 bits per heavy atom. The first-order valence-electron chi connectivity index (χ1n) is 31.1. The van der Waals surface area contributed by atoms with Crippen molar-refractivity contribution in [2.24, 2.45) is 0 Å². The third-order valence-corrected chi connectivity index (χ3v) is 13.4. The number of unbranched alkanes of at least 4 members (excludes halogenated alkanes) is 30. The Hall–Kier alpha value is -3.27. The molecule has 0 radical (unpaired) electrons. The van der Waals surface area contributed by atoms with Crippen molar-refractivity contribution < 1.29 is 42.9 Å². The average molecular weight is 1050 g/mol. The molecular formula is C66H118NO8+. The van der Waals surface area contributed by atoms with Crippen LogP contribution in [0.25, 0.3) is 0 Å². The number of hydrogen-bond acceptors (Lipinski definition) is 7. The van der Waals surface area contributed by atoms with Crippen molar-refractivity contribution in [1.82, 2.24) is 0 Å². The number of rotatable bonds is 57. The number of esters is 2. The Morgan fingerprint density at radius 3 is 1.07 bits per heavy atom. The van der Waals surface area contributed by atoms with Gasteiger partial charge in [0, 0.05) is 12.8 Å². The van der Waals surface area contributed by atoms with Crippen molar-refractivity contribution >= 4 is 17.9 Å². The molecule has 0 fully saturated rings. The standard InChI is InChI=1S/C66H117NO8/c1-6-8-10-12-14-16-18-20-22-24-26-28-29-30-31-32-33-34-35-37-39-41-43-45-47-49-51-53-55-57-64(69)75-62(61-74-66(65(70)71)72-59-58-67(3,4)5)60-73-63(68)56-54-52-50-48-46-44-42-40-38-36-27-25-23-21-19-17-15-13-11-9-7-2/h18-21,24-27,29-30,38,40,62,66H,6-17,22-23,28,31-37,39,41-61H2,1-5H3/p+1/b20-18-,21-19-,26-24-,27-25-,30-29-,40-38-. The van der Waals surface area contributed by atoms with Crippen LogP contribution >= 0.6 is 0 Å². The van der Waals surface area contributed by atoms with Crippen LogP contribution in [-0.4, -0.2) is 87.4 Å². The molecule has 0 saturated heterocycles. The minimum Gasteiger partial charge on any atom is -0.477 e. The predicted octanol–water partition coefficient (Wildman–Crippen LogP) is 18.6. The number of quaternary nitrogens is 1. The zero-order chi connectivity index (χ0) is 54.8. The molecule has 0 spiro atoms. The summed E-state index contributed by atoms with van der Waals surface area (Å²) in [5.74, 6) is -2.02. The number of nitrogens with zero attached hydrogens (tertiary/aromatic N) is 1. The maximum atomic E-state index is 12.9. The van der Waals surface area contributed by atoms with Crippen LogP contribution in [0.15, 0.2) is 72.9 Å². The summed E-state index contributed by atoms with van der Waals surface area (Å²) in [6.45, 7) is 4.86. The van der Waals surface area contributed by atoms with Gasteiger partial charge in [-0.05, 0) is 89.9 Å². The second-order valence-electron chi connectivity index (χ2n) is 22.0. The van der Waals surface area contributed by atoms with Crippen molar-refractivity contribution in [3.05, 3.63) is 72.9 Å². The van der Waals surface area contributed by atoms with Gasteiger partial charge < -0.3 is 28.5 Å². The van der Waals surface area contributed by atoms with E-state index in [0.717, 1.165) is 77.0 Å². The summed E-state index contributed by atoms with van der Waals surface area (Å²) >= 11 is 0. The summed E-state index contributed by atoms with van der Waals surface area (Å²) < 4.78 is 22.9. The highest BCUT2D eigenvalue weighted by molar-refractivity contribution is 5.71. The molecule has 0 aromatic carbocycles. The van der Waals surface area contributed by atoms with E-state index in [-0.39, 0.29) is 38.6 Å². The molecule has 0 aliphatic rings. The van der Waals surface area contributed by atoms with Crippen molar-refractivity contribution in [2.75, 3.05) is 47.5 Å². The maximum Gasteiger partial charge on any atom is 0.361 e. The van der Waals surface area contributed by atoms with E-state index in [1.54, 1.807) is 0 Å².